The van der Waals surface area contributed by atoms with Gasteiger partial charge in [0.25, 0.3) is 5.91 Å². The first-order valence-corrected chi connectivity index (χ1v) is 8.17. The lowest BCUT2D eigenvalue weighted by molar-refractivity contribution is -0.131. The predicted octanol–water partition coefficient (Wildman–Crippen LogP) is 2.66. The number of carboxylic acid groups (broad SMARTS) is 1. The lowest BCUT2D eigenvalue weighted by atomic mass is 10.0. The molecule has 21 heavy (non-hydrogen) atoms. The van der Waals surface area contributed by atoms with E-state index in [1.165, 1.54) is 17.6 Å². The van der Waals surface area contributed by atoms with E-state index in [0.29, 0.717) is 23.6 Å². The summed E-state index contributed by atoms with van der Waals surface area (Å²) in [6.45, 7) is 0.717. The first-order chi connectivity index (χ1) is 10.1. The number of amides is 1. The van der Waals surface area contributed by atoms with E-state index in [9.17, 15) is 9.59 Å². The molecular formula is C16H19NO3S. The molecule has 2 rings (SSSR count). The van der Waals surface area contributed by atoms with Gasteiger partial charge in [0, 0.05) is 18.2 Å². The minimum atomic E-state index is -1.000. The Bertz CT molecular complexity index is 536. The molecule has 1 aliphatic rings. The highest BCUT2D eigenvalue weighted by atomic mass is 32.2. The van der Waals surface area contributed by atoms with Crippen LogP contribution in [0.1, 0.15) is 28.8 Å². The fourth-order valence-electron chi connectivity index (χ4n) is 2.24. The van der Waals surface area contributed by atoms with Gasteiger partial charge in [0.1, 0.15) is 0 Å². The largest absolute Gasteiger partial charge is 0.478 e. The monoisotopic (exact) mass is 305 g/mol. The van der Waals surface area contributed by atoms with Gasteiger partial charge >= 0.3 is 5.97 Å². The number of carbonyl (C=O) groups excluding carboxylic acids is 1. The van der Waals surface area contributed by atoms with Crippen LogP contribution in [0.2, 0.25) is 0 Å². The molecule has 4 nitrogen and oxygen atoms in total. The zero-order valence-corrected chi connectivity index (χ0v) is 12.6. The van der Waals surface area contributed by atoms with Crippen LogP contribution < -0.4 is 5.32 Å². The van der Waals surface area contributed by atoms with Crippen LogP contribution in [0.5, 0.6) is 0 Å². The Labute approximate surface area is 128 Å². The van der Waals surface area contributed by atoms with Gasteiger partial charge in [0.05, 0.1) is 0 Å². The lowest BCUT2D eigenvalue weighted by Crippen LogP contribution is -2.30. The molecule has 1 saturated heterocycles. The summed E-state index contributed by atoms with van der Waals surface area (Å²) in [5.74, 6) is 1.83. The van der Waals surface area contributed by atoms with Gasteiger partial charge in [-0.25, -0.2) is 4.79 Å². The SMILES string of the molecule is O=C(O)/C=C/c1cccc(C(=O)NCC2CCSCC2)c1. The normalized spacial score (nSPS) is 16.0. The number of carbonyl (C=O) groups is 2. The van der Waals surface area contributed by atoms with Crippen molar-refractivity contribution in [2.24, 2.45) is 5.92 Å². The topological polar surface area (TPSA) is 66.4 Å². The maximum absolute atomic E-state index is 12.1. The molecule has 0 aliphatic carbocycles. The Kier molecular flexibility index (Phi) is 5.87. The fraction of sp³-hybridized carbons (Fsp3) is 0.375. The Balaban J connectivity index is 1.92. The predicted molar refractivity (Wildman–Crippen MR) is 85.5 cm³/mol. The van der Waals surface area contributed by atoms with Crippen LogP contribution in [-0.4, -0.2) is 35.0 Å². The van der Waals surface area contributed by atoms with Crippen LogP contribution in [0.4, 0.5) is 0 Å². The van der Waals surface area contributed by atoms with Crippen LogP contribution in [-0.2, 0) is 4.79 Å². The molecule has 1 aliphatic heterocycles. The zero-order valence-electron chi connectivity index (χ0n) is 11.7. The molecule has 0 atom stereocenters. The first kappa shape index (κ1) is 15.6. The van der Waals surface area contributed by atoms with Crippen molar-refractivity contribution in [1.29, 1.82) is 0 Å². The highest BCUT2D eigenvalue weighted by Crippen LogP contribution is 2.21. The van der Waals surface area contributed by atoms with E-state index in [1.807, 2.05) is 11.8 Å². The lowest BCUT2D eigenvalue weighted by Gasteiger charge is -2.21. The maximum atomic E-state index is 12.1. The van der Waals surface area contributed by atoms with Gasteiger partial charge in [-0.1, -0.05) is 12.1 Å². The second-order valence-corrected chi connectivity index (χ2v) is 6.29. The van der Waals surface area contributed by atoms with Crippen molar-refractivity contribution in [2.45, 2.75) is 12.8 Å². The maximum Gasteiger partial charge on any atom is 0.328 e. The average molecular weight is 305 g/mol. The molecule has 1 aromatic carbocycles. The number of hydrogen-bond acceptors (Lipinski definition) is 3. The third-order valence-electron chi connectivity index (χ3n) is 3.46. The molecule has 1 aromatic rings. The van der Waals surface area contributed by atoms with E-state index in [-0.39, 0.29) is 5.91 Å². The van der Waals surface area contributed by atoms with E-state index in [2.05, 4.69) is 5.32 Å². The molecule has 2 N–H and O–H groups in total. The van der Waals surface area contributed by atoms with E-state index >= 15 is 0 Å². The van der Waals surface area contributed by atoms with Crippen molar-refractivity contribution in [2.75, 3.05) is 18.1 Å². The standard InChI is InChI=1S/C16H19NO3S/c18-15(19)5-4-12-2-1-3-14(10-12)16(20)17-11-13-6-8-21-9-7-13/h1-5,10,13H,6-9,11H2,(H,17,20)(H,18,19)/b5-4+. The van der Waals surface area contributed by atoms with Gasteiger partial charge < -0.3 is 10.4 Å². The molecule has 0 saturated carbocycles. The Morgan fingerprint density at radius 1 is 1.33 bits per heavy atom. The van der Waals surface area contributed by atoms with Crippen molar-refractivity contribution < 1.29 is 14.7 Å². The highest BCUT2D eigenvalue weighted by Gasteiger charge is 2.15. The number of nitrogens with one attached hydrogen (secondary N) is 1. The summed E-state index contributed by atoms with van der Waals surface area (Å²) in [7, 11) is 0. The van der Waals surface area contributed by atoms with Crippen molar-refractivity contribution in [3.63, 3.8) is 0 Å². The molecule has 0 aromatic heterocycles. The zero-order chi connectivity index (χ0) is 15.1. The smallest absolute Gasteiger partial charge is 0.328 e. The van der Waals surface area contributed by atoms with Gasteiger partial charge in [0.15, 0.2) is 0 Å². The first-order valence-electron chi connectivity index (χ1n) is 7.02. The van der Waals surface area contributed by atoms with Crippen LogP contribution in [0.15, 0.2) is 30.3 Å². The van der Waals surface area contributed by atoms with E-state index in [4.69, 9.17) is 5.11 Å². The van der Waals surface area contributed by atoms with Crippen LogP contribution in [0, 0.1) is 5.92 Å². The summed E-state index contributed by atoms with van der Waals surface area (Å²) < 4.78 is 0. The van der Waals surface area contributed by atoms with Gasteiger partial charge in [0.2, 0.25) is 0 Å². The van der Waals surface area contributed by atoms with Crippen LogP contribution in [0.25, 0.3) is 6.08 Å². The fourth-order valence-corrected chi connectivity index (χ4v) is 3.44. The minimum Gasteiger partial charge on any atom is -0.478 e. The highest BCUT2D eigenvalue weighted by molar-refractivity contribution is 7.99. The summed E-state index contributed by atoms with van der Waals surface area (Å²) in [6, 6.07) is 6.97. The quantitative estimate of drug-likeness (QED) is 0.821. The van der Waals surface area contributed by atoms with E-state index in [0.717, 1.165) is 18.9 Å². The van der Waals surface area contributed by atoms with E-state index < -0.39 is 5.97 Å². The molecule has 112 valence electrons. The Hall–Kier alpha value is -1.75. The number of benzene rings is 1. The van der Waals surface area contributed by atoms with Crippen molar-refractivity contribution in [3.8, 4) is 0 Å². The van der Waals surface area contributed by atoms with Crippen molar-refractivity contribution >= 4 is 29.7 Å². The third-order valence-corrected chi connectivity index (χ3v) is 4.51. The second-order valence-electron chi connectivity index (χ2n) is 5.06. The summed E-state index contributed by atoms with van der Waals surface area (Å²) in [4.78, 5) is 22.6. The van der Waals surface area contributed by atoms with Gasteiger partial charge in [-0.05, 0) is 54.0 Å². The number of hydrogen-bond donors (Lipinski definition) is 2. The summed E-state index contributed by atoms with van der Waals surface area (Å²) in [5.41, 5.74) is 1.27. The second kappa shape index (κ2) is 7.88. The molecule has 5 heteroatoms. The number of carboxylic acids is 1. The molecule has 0 unspecified atom stereocenters. The van der Waals surface area contributed by atoms with Crippen molar-refractivity contribution in [3.05, 3.63) is 41.5 Å². The van der Waals surface area contributed by atoms with E-state index in [1.54, 1.807) is 24.3 Å². The van der Waals surface area contributed by atoms with Crippen LogP contribution in [0.3, 0.4) is 0 Å². The molecule has 1 heterocycles. The molecule has 0 radical (unpaired) electrons. The third kappa shape index (κ3) is 5.27. The number of thioether (sulfide) groups is 1. The van der Waals surface area contributed by atoms with Crippen molar-refractivity contribution in [1.82, 2.24) is 5.32 Å². The summed E-state index contributed by atoms with van der Waals surface area (Å²) >= 11 is 1.97. The molecular weight excluding hydrogens is 286 g/mol. The van der Waals surface area contributed by atoms with Crippen LogP contribution >= 0.6 is 11.8 Å². The average Bonchev–Trinajstić information content (AvgIpc) is 2.52. The number of rotatable bonds is 5. The molecule has 1 amide bonds. The molecule has 0 bridgehead atoms. The number of aliphatic carboxylic acids is 1. The Morgan fingerprint density at radius 3 is 2.81 bits per heavy atom. The summed E-state index contributed by atoms with van der Waals surface area (Å²) in [5, 5.41) is 11.6. The van der Waals surface area contributed by atoms with Gasteiger partial charge in [-0.15, -0.1) is 0 Å². The Morgan fingerprint density at radius 2 is 2.10 bits per heavy atom. The van der Waals surface area contributed by atoms with Gasteiger partial charge in [-0.2, -0.15) is 11.8 Å². The minimum absolute atomic E-state index is 0.0983. The van der Waals surface area contributed by atoms with Gasteiger partial charge in [-0.3, -0.25) is 4.79 Å². The summed E-state index contributed by atoms with van der Waals surface area (Å²) in [6.07, 6.45) is 4.87. The molecule has 1 fully saturated rings. The molecule has 0 spiro atoms.